The van der Waals surface area contributed by atoms with Gasteiger partial charge >= 0.3 is 5.97 Å². The second kappa shape index (κ2) is 5.30. The molecular weight excluding hydrogens is 256 g/mol. The number of methoxy groups -OCH3 is 1. The number of rotatable bonds is 5. The molecule has 5 nitrogen and oxygen atoms in total. The lowest BCUT2D eigenvalue weighted by atomic mass is 10.1. The van der Waals surface area contributed by atoms with Crippen molar-refractivity contribution >= 4 is 23.5 Å². The molecule has 0 atom stereocenters. The van der Waals surface area contributed by atoms with E-state index in [9.17, 15) is 9.59 Å². The minimum atomic E-state index is -1.48. The summed E-state index contributed by atoms with van der Waals surface area (Å²) in [7, 11) is 1.50. The van der Waals surface area contributed by atoms with E-state index in [1.807, 2.05) is 0 Å². The van der Waals surface area contributed by atoms with Gasteiger partial charge < -0.3 is 14.6 Å². The van der Waals surface area contributed by atoms with Gasteiger partial charge in [0.2, 0.25) is 0 Å². The number of thioether (sulfide) groups is 1. The molecule has 0 aliphatic carbocycles. The molecule has 0 bridgehead atoms. The Morgan fingerprint density at radius 3 is 2.56 bits per heavy atom. The molecule has 2 rings (SSSR count). The average Bonchev–Trinajstić information content (AvgIpc) is 2.32. The van der Waals surface area contributed by atoms with Crippen LogP contribution in [0.2, 0.25) is 0 Å². The van der Waals surface area contributed by atoms with E-state index in [4.69, 9.17) is 14.6 Å². The number of hydrogen-bond donors (Lipinski definition) is 1. The van der Waals surface area contributed by atoms with Gasteiger partial charge in [-0.2, -0.15) is 11.8 Å². The summed E-state index contributed by atoms with van der Waals surface area (Å²) in [4.78, 5) is 22.0. The predicted molar refractivity (Wildman–Crippen MR) is 66.7 cm³/mol. The van der Waals surface area contributed by atoms with Crippen molar-refractivity contribution in [3.8, 4) is 11.5 Å². The van der Waals surface area contributed by atoms with E-state index in [2.05, 4.69) is 0 Å². The first kappa shape index (κ1) is 12.8. The molecule has 1 aromatic carbocycles. The Labute approximate surface area is 108 Å². The summed E-state index contributed by atoms with van der Waals surface area (Å²) in [5, 5.41) is 8.67. The van der Waals surface area contributed by atoms with Crippen molar-refractivity contribution in [2.45, 2.75) is 6.10 Å². The quantitative estimate of drug-likeness (QED) is 0.643. The van der Waals surface area contributed by atoms with Crippen LogP contribution < -0.4 is 9.47 Å². The number of benzene rings is 1. The van der Waals surface area contributed by atoms with Crippen molar-refractivity contribution in [2.24, 2.45) is 0 Å². The van der Waals surface area contributed by atoms with Crippen LogP contribution in [0.15, 0.2) is 18.2 Å². The van der Waals surface area contributed by atoms with E-state index in [1.165, 1.54) is 25.3 Å². The van der Waals surface area contributed by atoms with E-state index in [0.29, 0.717) is 11.5 Å². The Kier molecular flexibility index (Phi) is 3.76. The molecule has 96 valence electrons. The minimum Gasteiger partial charge on any atom is -0.493 e. The van der Waals surface area contributed by atoms with Crippen molar-refractivity contribution in [2.75, 3.05) is 18.6 Å². The van der Waals surface area contributed by atoms with Crippen LogP contribution in [0.25, 0.3) is 0 Å². The Morgan fingerprint density at radius 1 is 1.33 bits per heavy atom. The fourth-order valence-electron chi connectivity index (χ4n) is 1.50. The second-order valence-corrected chi connectivity index (χ2v) is 4.85. The minimum absolute atomic E-state index is 0.0882. The maximum Gasteiger partial charge on any atom is 0.377 e. The van der Waals surface area contributed by atoms with Gasteiger partial charge in [0, 0.05) is 17.1 Å². The number of ketones is 1. The van der Waals surface area contributed by atoms with E-state index < -0.39 is 11.8 Å². The third-order valence-electron chi connectivity index (χ3n) is 2.52. The largest absolute Gasteiger partial charge is 0.493 e. The van der Waals surface area contributed by atoms with Crippen LogP contribution in [-0.2, 0) is 4.79 Å². The first-order valence-electron chi connectivity index (χ1n) is 5.32. The molecule has 1 aliphatic rings. The number of carboxylic acid groups (broad SMARTS) is 1. The SMILES string of the molecule is COc1ccc(C(=O)C(=O)O)cc1OC1CSC1. The average molecular weight is 268 g/mol. The van der Waals surface area contributed by atoms with E-state index in [1.54, 1.807) is 11.8 Å². The van der Waals surface area contributed by atoms with Gasteiger partial charge in [-0.3, -0.25) is 4.79 Å². The van der Waals surface area contributed by atoms with Crippen molar-refractivity contribution in [3.63, 3.8) is 0 Å². The Bertz CT molecular complexity index is 481. The Balaban J connectivity index is 2.26. The molecule has 0 spiro atoms. The zero-order valence-electron chi connectivity index (χ0n) is 9.71. The van der Waals surface area contributed by atoms with Crippen LogP contribution in [0.4, 0.5) is 0 Å². The molecule has 1 N–H and O–H groups in total. The predicted octanol–water partition coefficient (Wildman–Crippen LogP) is 1.46. The van der Waals surface area contributed by atoms with Crippen LogP contribution in [0, 0.1) is 0 Å². The number of carbonyl (C=O) groups excluding carboxylic acids is 1. The standard InChI is InChI=1S/C12H12O5S/c1-16-9-3-2-7(11(13)12(14)15)4-10(9)17-8-5-18-6-8/h2-4,8H,5-6H2,1H3,(H,14,15). The Hall–Kier alpha value is -1.69. The van der Waals surface area contributed by atoms with Crippen LogP contribution in [0.5, 0.6) is 11.5 Å². The van der Waals surface area contributed by atoms with Crippen molar-refractivity contribution in [1.82, 2.24) is 0 Å². The molecule has 0 radical (unpaired) electrons. The Morgan fingerprint density at radius 2 is 2.06 bits per heavy atom. The summed E-state index contributed by atoms with van der Waals surface area (Å²) >= 11 is 1.77. The lowest BCUT2D eigenvalue weighted by Crippen LogP contribution is -2.31. The highest BCUT2D eigenvalue weighted by Gasteiger charge is 2.23. The van der Waals surface area contributed by atoms with Crippen LogP contribution in [-0.4, -0.2) is 41.6 Å². The van der Waals surface area contributed by atoms with E-state index in [-0.39, 0.29) is 11.7 Å². The summed E-state index contributed by atoms with van der Waals surface area (Å²) in [5.74, 6) is 0.250. The number of carbonyl (C=O) groups is 2. The summed E-state index contributed by atoms with van der Waals surface area (Å²) in [6, 6.07) is 4.37. The van der Waals surface area contributed by atoms with Gasteiger partial charge in [0.1, 0.15) is 6.10 Å². The number of carboxylic acids is 1. The molecule has 18 heavy (non-hydrogen) atoms. The fraction of sp³-hybridized carbons (Fsp3) is 0.333. The molecular formula is C12H12O5S. The number of hydrogen-bond acceptors (Lipinski definition) is 5. The van der Waals surface area contributed by atoms with E-state index in [0.717, 1.165) is 11.5 Å². The monoisotopic (exact) mass is 268 g/mol. The highest BCUT2D eigenvalue weighted by atomic mass is 32.2. The molecule has 1 saturated heterocycles. The highest BCUT2D eigenvalue weighted by molar-refractivity contribution is 8.00. The molecule has 0 aromatic heterocycles. The lowest BCUT2D eigenvalue weighted by molar-refractivity contribution is -0.131. The molecule has 0 unspecified atom stereocenters. The summed E-state index contributed by atoms with van der Waals surface area (Å²) < 4.78 is 10.8. The normalized spacial score (nSPS) is 14.7. The van der Waals surface area contributed by atoms with Gasteiger partial charge in [0.25, 0.3) is 5.78 Å². The smallest absolute Gasteiger partial charge is 0.377 e. The van der Waals surface area contributed by atoms with Crippen molar-refractivity contribution in [1.29, 1.82) is 0 Å². The third-order valence-corrected chi connectivity index (χ3v) is 3.74. The van der Waals surface area contributed by atoms with Crippen LogP contribution in [0.1, 0.15) is 10.4 Å². The maximum absolute atomic E-state index is 11.4. The van der Waals surface area contributed by atoms with Gasteiger partial charge in [0.05, 0.1) is 7.11 Å². The fourth-order valence-corrected chi connectivity index (χ4v) is 2.06. The molecule has 1 aliphatic heterocycles. The first-order valence-corrected chi connectivity index (χ1v) is 6.47. The van der Waals surface area contributed by atoms with Crippen molar-refractivity contribution in [3.05, 3.63) is 23.8 Å². The van der Waals surface area contributed by atoms with E-state index >= 15 is 0 Å². The zero-order valence-corrected chi connectivity index (χ0v) is 10.5. The molecule has 1 heterocycles. The number of Topliss-reactive ketones (excluding diaryl/α,β-unsaturated/α-hetero) is 1. The zero-order chi connectivity index (χ0) is 13.1. The topological polar surface area (TPSA) is 72.8 Å². The first-order chi connectivity index (χ1) is 8.61. The number of aliphatic carboxylic acids is 1. The second-order valence-electron chi connectivity index (χ2n) is 3.78. The molecule has 1 fully saturated rings. The van der Waals surface area contributed by atoms with Gasteiger partial charge in [-0.1, -0.05) is 0 Å². The molecule has 0 amide bonds. The van der Waals surface area contributed by atoms with Gasteiger partial charge in [-0.05, 0) is 18.2 Å². The van der Waals surface area contributed by atoms with Gasteiger partial charge in [0.15, 0.2) is 11.5 Å². The molecule has 0 saturated carbocycles. The van der Waals surface area contributed by atoms with Crippen LogP contribution >= 0.6 is 11.8 Å². The summed E-state index contributed by atoms with van der Waals surface area (Å²) in [6.45, 7) is 0. The highest BCUT2D eigenvalue weighted by Crippen LogP contribution is 2.32. The maximum atomic E-state index is 11.4. The number of ether oxygens (including phenoxy) is 2. The lowest BCUT2D eigenvalue weighted by Gasteiger charge is -2.26. The van der Waals surface area contributed by atoms with Crippen LogP contribution in [0.3, 0.4) is 0 Å². The summed E-state index contributed by atoms with van der Waals surface area (Å²) in [6.07, 6.45) is 0.0964. The van der Waals surface area contributed by atoms with Crippen molar-refractivity contribution < 1.29 is 24.2 Å². The van der Waals surface area contributed by atoms with Gasteiger partial charge in [-0.15, -0.1) is 0 Å². The van der Waals surface area contributed by atoms with Gasteiger partial charge in [-0.25, -0.2) is 4.79 Å². The third kappa shape index (κ3) is 2.59. The molecule has 6 heteroatoms. The summed E-state index contributed by atoms with van der Waals surface area (Å²) in [5.41, 5.74) is 0.0882. The molecule has 1 aromatic rings.